The number of hydrogen-bond donors (Lipinski definition) is 1. The highest BCUT2D eigenvalue weighted by Crippen LogP contribution is 2.48. The van der Waals surface area contributed by atoms with Gasteiger partial charge in [-0.2, -0.15) is 18.2 Å². The van der Waals surface area contributed by atoms with Gasteiger partial charge < -0.3 is 4.90 Å². The van der Waals surface area contributed by atoms with Crippen LogP contribution in [0.25, 0.3) is 5.70 Å². The van der Waals surface area contributed by atoms with Crippen molar-refractivity contribution in [3.8, 4) is 0 Å². The van der Waals surface area contributed by atoms with Crippen LogP contribution >= 0.6 is 23.2 Å². The van der Waals surface area contributed by atoms with E-state index >= 15 is 0 Å². The third kappa shape index (κ3) is 4.71. The number of aliphatic imine (C=N–C) groups is 1. The Bertz CT molecular complexity index is 1060. The van der Waals surface area contributed by atoms with Crippen LogP contribution in [0.15, 0.2) is 47.5 Å². The molecule has 0 saturated heterocycles. The van der Waals surface area contributed by atoms with Crippen molar-refractivity contribution in [3.63, 3.8) is 0 Å². The van der Waals surface area contributed by atoms with Crippen LogP contribution in [-0.2, 0) is 10.4 Å². The van der Waals surface area contributed by atoms with E-state index in [-0.39, 0.29) is 21.3 Å². The first kappa shape index (κ1) is 23.1. The minimum Gasteiger partial charge on any atom is -0.369 e. The number of hydrogen-bond acceptors (Lipinski definition) is 3. The molecule has 1 heterocycles. The second-order valence-electron chi connectivity index (χ2n) is 7.20. The molecule has 1 aliphatic rings. The molecule has 0 bridgehead atoms. The fraction of sp³-hybridized carbons (Fsp3) is 0.238. The van der Waals surface area contributed by atoms with E-state index in [1.165, 1.54) is 24.5 Å². The first-order valence-electron chi connectivity index (χ1n) is 8.99. The van der Waals surface area contributed by atoms with Crippen LogP contribution in [0.3, 0.4) is 0 Å². The number of alkyl halides is 3. The summed E-state index contributed by atoms with van der Waals surface area (Å²) >= 11 is 11.8. The van der Waals surface area contributed by atoms with E-state index in [1.54, 1.807) is 32.0 Å². The maximum Gasteiger partial charge on any atom is 0.428 e. The molecule has 0 aromatic heterocycles. The maximum absolute atomic E-state index is 14.1. The lowest BCUT2D eigenvalue weighted by atomic mass is 9.91. The van der Waals surface area contributed by atoms with Crippen molar-refractivity contribution in [2.75, 3.05) is 14.1 Å². The largest absolute Gasteiger partial charge is 0.428 e. The highest BCUT2D eigenvalue weighted by atomic mass is 35.5. The summed E-state index contributed by atoms with van der Waals surface area (Å²) in [6.45, 7) is 1.67. The molecule has 1 aliphatic heterocycles. The van der Waals surface area contributed by atoms with E-state index in [0.717, 1.165) is 18.2 Å². The lowest BCUT2D eigenvalue weighted by Crippen LogP contribution is -2.42. The minimum absolute atomic E-state index is 0.0496. The topological polar surface area (TPSA) is 53.9 Å². The van der Waals surface area contributed by atoms with Crippen LogP contribution < -0.4 is 5.48 Å². The molecule has 164 valence electrons. The van der Waals surface area contributed by atoms with Crippen molar-refractivity contribution >= 4 is 41.1 Å². The first-order chi connectivity index (χ1) is 14.4. The number of halogens is 5. The lowest BCUT2D eigenvalue weighted by molar-refractivity contribution is -0.269. The summed E-state index contributed by atoms with van der Waals surface area (Å²) in [6, 6.07) is 8.24. The van der Waals surface area contributed by atoms with Crippen molar-refractivity contribution in [3.05, 3.63) is 74.8 Å². The molecular weight excluding hydrogens is 454 g/mol. The molecule has 10 heteroatoms. The summed E-state index contributed by atoms with van der Waals surface area (Å²) in [5.41, 5.74) is 0.700. The van der Waals surface area contributed by atoms with Crippen LogP contribution in [0.2, 0.25) is 10.0 Å². The number of carbonyl (C=O) groups excluding carboxylic acids is 1. The zero-order valence-electron chi connectivity index (χ0n) is 16.7. The predicted octanol–water partition coefficient (Wildman–Crippen LogP) is 5.37. The van der Waals surface area contributed by atoms with Gasteiger partial charge in [0.15, 0.2) is 0 Å². The van der Waals surface area contributed by atoms with E-state index in [2.05, 4.69) is 10.5 Å². The van der Waals surface area contributed by atoms with E-state index in [0.29, 0.717) is 16.7 Å². The summed E-state index contributed by atoms with van der Waals surface area (Å²) in [4.78, 5) is 22.7. The summed E-state index contributed by atoms with van der Waals surface area (Å²) in [7, 11) is 3.45. The molecule has 0 spiro atoms. The Morgan fingerprint density at radius 1 is 1.16 bits per heavy atom. The molecule has 1 N–H and O–H groups in total. The van der Waals surface area contributed by atoms with Crippen LogP contribution in [0.4, 0.5) is 13.2 Å². The lowest BCUT2D eigenvalue weighted by Gasteiger charge is -2.28. The molecule has 2 aromatic rings. The van der Waals surface area contributed by atoms with Gasteiger partial charge in [0.05, 0.1) is 12.0 Å². The Hall–Kier alpha value is -2.55. The summed E-state index contributed by atoms with van der Waals surface area (Å²) in [5, 5.41) is 0.0992. The number of nitrogens with zero attached hydrogens (tertiary/aromatic N) is 2. The number of benzene rings is 2. The Morgan fingerprint density at radius 3 is 2.35 bits per heavy atom. The zero-order chi connectivity index (χ0) is 23.0. The van der Waals surface area contributed by atoms with Gasteiger partial charge in [-0.15, -0.1) is 0 Å². The fourth-order valence-corrected chi connectivity index (χ4v) is 3.59. The minimum atomic E-state index is -4.80. The maximum atomic E-state index is 14.1. The van der Waals surface area contributed by atoms with Crippen molar-refractivity contribution in [1.82, 2.24) is 10.4 Å². The normalized spacial score (nSPS) is 18.8. The Labute approximate surface area is 187 Å². The van der Waals surface area contributed by atoms with Gasteiger partial charge in [0, 0.05) is 35.3 Å². The number of aryl methyl sites for hydroxylation is 1. The standard InChI is InChI=1S/C21H18Cl2F3N3O2/c1-12-6-13(4-5-17(12)19(30)27-11-29(2)3)18-10-20(31-28-18,21(24,25)26)14-7-15(22)9-16(23)8-14/h4-11,28H,1-3H3. The summed E-state index contributed by atoms with van der Waals surface area (Å²) in [6.07, 6.45) is -2.50. The van der Waals surface area contributed by atoms with Gasteiger partial charge in [0.1, 0.15) is 0 Å². The van der Waals surface area contributed by atoms with Gasteiger partial charge in [-0.25, -0.2) is 0 Å². The Morgan fingerprint density at radius 2 is 1.81 bits per heavy atom. The molecule has 0 radical (unpaired) electrons. The van der Waals surface area contributed by atoms with Crippen molar-refractivity contribution in [2.45, 2.75) is 18.7 Å². The molecule has 1 amide bonds. The average molecular weight is 472 g/mol. The molecule has 0 saturated carbocycles. The monoisotopic (exact) mass is 471 g/mol. The van der Waals surface area contributed by atoms with Crippen molar-refractivity contribution < 1.29 is 22.8 Å². The molecule has 31 heavy (non-hydrogen) atoms. The van der Waals surface area contributed by atoms with Crippen LogP contribution in [-0.4, -0.2) is 37.4 Å². The predicted molar refractivity (Wildman–Crippen MR) is 114 cm³/mol. The van der Waals surface area contributed by atoms with Gasteiger partial charge in [-0.05, 0) is 54.5 Å². The van der Waals surface area contributed by atoms with Gasteiger partial charge in [-0.3, -0.25) is 15.1 Å². The highest BCUT2D eigenvalue weighted by molar-refractivity contribution is 6.34. The SMILES string of the molecule is Cc1cc(C2=CC(c3cc(Cl)cc(Cl)c3)(C(F)(F)F)ON2)ccc1C(=O)N=CN(C)C. The quantitative estimate of drug-likeness (QED) is 0.481. The van der Waals surface area contributed by atoms with Crippen molar-refractivity contribution in [1.29, 1.82) is 0 Å². The van der Waals surface area contributed by atoms with E-state index in [1.807, 2.05) is 0 Å². The van der Waals surface area contributed by atoms with E-state index in [4.69, 9.17) is 28.0 Å². The Kier molecular flexibility index (Phi) is 6.36. The number of nitrogens with one attached hydrogen (secondary N) is 1. The van der Waals surface area contributed by atoms with Gasteiger partial charge in [-0.1, -0.05) is 29.3 Å². The van der Waals surface area contributed by atoms with Crippen LogP contribution in [0.1, 0.15) is 27.0 Å². The smallest absolute Gasteiger partial charge is 0.369 e. The third-order valence-electron chi connectivity index (χ3n) is 4.56. The molecule has 2 aromatic carbocycles. The molecule has 1 unspecified atom stereocenters. The summed E-state index contributed by atoms with van der Waals surface area (Å²) in [5.74, 6) is -0.458. The molecular formula is C21H18Cl2F3N3O2. The molecule has 0 fully saturated rings. The van der Waals surface area contributed by atoms with Crippen molar-refractivity contribution in [2.24, 2.45) is 4.99 Å². The fourth-order valence-electron chi connectivity index (χ4n) is 3.06. The molecule has 3 rings (SSSR count). The molecule has 5 nitrogen and oxygen atoms in total. The number of amides is 1. The number of hydroxylamine groups is 1. The summed E-state index contributed by atoms with van der Waals surface area (Å²) < 4.78 is 42.3. The van der Waals surface area contributed by atoms with Gasteiger partial charge in [0.2, 0.25) is 5.60 Å². The van der Waals surface area contributed by atoms with E-state index < -0.39 is 17.7 Å². The van der Waals surface area contributed by atoms with Gasteiger partial charge in [0.25, 0.3) is 5.91 Å². The highest BCUT2D eigenvalue weighted by Gasteiger charge is 2.59. The Balaban J connectivity index is 2.02. The number of rotatable bonds is 4. The van der Waals surface area contributed by atoms with Crippen LogP contribution in [0.5, 0.6) is 0 Å². The molecule has 0 aliphatic carbocycles. The van der Waals surface area contributed by atoms with Crippen LogP contribution in [0, 0.1) is 6.92 Å². The third-order valence-corrected chi connectivity index (χ3v) is 4.99. The van der Waals surface area contributed by atoms with Gasteiger partial charge >= 0.3 is 6.18 Å². The average Bonchev–Trinajstić information content (AvgIpc) is 3.12. The first-order valence-corrected chi connectivity index (χ1v) is 9.75. The number of carbonyl (C=O) groups is 1. The zero-order valence-corrected chi connectivity index (χ0v) is 18.2. The second-order valence-corrected chi connectivity index (χ2v) is 8.07. The molecule has 1 atom stereocenters. The van der Waals surface area contributed by atoms with E-state index in [9.17, 15) is 18.0 Å². The second kappa shape index (κ2) is 8.53.